The van der Waals surface area contributed by atoms with Gasteiger partial charge in [-0.1, -0.05) is 42.5 Å². The van der Waals surface area contributed by atoms with Gasteiger partial charge in [-0.05, 0) is 60.9 Å². The van der Waals surface area contributed by atoms with Crippen molar-refractivity contribution in [1.29, 1.82) is 0 Å². The second kappa shape index (κ2) is 8.06. The highest BCUT2D eigenvalue weighted by Gasteiger charge is 2.42. The minimum atomic E-state index is 0.0107. The summed E-state index contributed by atoms with van der Waals surface area (Å²) in [5.41, 5.74) is 3.31. The van der Waals surface area contributed by atoms with Crippen molar-refractivity contribution in [2.75, 3.05) is 33.2 Å². The average molecular weight is 379 g/mol. The van der Waals surface area contributed by atoms with E-state index in [1.807, 2.05) is 29.2 Å². The SMILES string of the molecule is CN1C[C@H](c2ccccc2)CC2(CCN(C(=O)c3ccc(CO)cc3)CC2)C1. The van der Waals surface area contributed by atoms with Gasteiger partial charge >= 0.3 is 0 Å². The lowest BCUT2D eigenvalue weighted by Crippen LogP contribution is -2.51. The molecule has 0 saturated carbocycles. The van der Waals surface area contributed by atoms with Crippen molar-refractivity contribution in [3.8, 4) is 0 Å². The Labute approximate surface area is 167 Å². The molecule has 2 heterocycles. The van der Waals surface area contributed by atoms with Crippen molar-refractivity contribution in [3.05, 3.63) is 71.3 Å². The van der Waals surface area contributed by atoms with Gasteiger partial charge in [0.25, 0.3) is 5.91 Å². The van der Waals surface area contributed by atoms with E-state index in [4.69, 9.17) is 0 Å². The Kier molecular flexibility index (Phi) is 5.51. The van der Waals surface area contributed by atoms with Crippen molar-refractivity contribution in [2.24, 2.45) is 5.41 Å². The van der Waals surface area contributed by atoms with Crippen LogP contribution in [0.1, 0.15) is 46.7 Å². The highest BCUT2D eigenvalue weighted by Crippen LogP contribution is 2.44. The summed E-state index contributed by atoms with van der Waals surface area (Å²) in [5.74, 6) is 0.691. The van der Waals surface area contributed by atoms with Crippen LogP contribution in [0, 0.1) is 5.41 Å². The molecular weight excluding hydrogens is 348 g/mol. The lowest BCUT2D eigenvalue weighted by atomic mass is 9.68. The molecule has 1 N–H and O–H groups in total. The normalized spacial score (nSPS) is 22.4. The first-order valence-corrected chi connectivity index (χ1v) is 10.3. The first kappa shape index (κ1) is 19.2. The molecule has 28 heavy (non-hydrogen) atoms. The fraction of sp³-hybridized carbons (Fsp3) is 0.458. The van der Waals surface area contributed by atoms with Crippen LogP contribution in [0.3, 0.4) is 0 Å². The van der Waals surface area contributed by atoms with E-state index < -0.39 is 0 Å². The second-order valence-electron chi connectivity index (χ2n) is 8.66. The molecule has 0 aromatic heterocycles. The third-order valence-corrected chi connectivity index (χ3v) is 6.58. The molecule has 2 aliphatic heterocycles. The topological polar surface area (TPSA) is 43.8 Å². The number of aliphatic hydroxyl groups excluding tert-OH is 1. The fourth-order valence-electron chi connectivity index (χ4n) is 5.10. The van der Waals surface area contributed by atoms with E-state index >= 15 is 0 Å². The monoisotopic (exact) mass is 378 g/mol. The van der Waals surface area contributed by atoms with Gasteiger partial charge in [-0.3, -0.25) is 4.79 Å². The maximum Gasteiger partial charge on any atom is 0.253 e. The van der Waals surface area contributed by atoms with Crippen LogP contribution in [0.2, 0.25) is 0 Å². The van der Waals surface area contributed by atoms with Crippen LogP contribution in [0.4, 0.5) is 0 Å². The van der Waals surface area contributed by atoms with Crippen molar-refractivity contribution < 1.29 is 9.90 Å². The molecule has 148 valence electrons. The Morgan fingerprint density at radius 2 is 1.75 bits per heavy atom. The maximum atomic E-state index is 12.9. The van der Waals surface area contributed by atoms with Gasteiger partial charge in [-0.15, -0.1) is 0 Å². The Bertz CT molecular complexity index is 795. The summed E-state index contributed by atoms with van der Waals surface area (Å²) in [6.07, 6.45) is 3.36. The van der Waals surface area contributed by atoms with Gasteiger partial charge < -0.3 is 14.9 Å². The van der Waals surface area contributed by atoms with E-state index in [0.717, 1.165) is 50.1 Å². The zero-order chi connectivity index (χ0) is 19.6. The van der Waals surface area contributed by atoms with Crippen molar-refractivity contribution in [2.45, 2.75) is 31.8 Å². The highest BCUT2D eigenvalue weighted by molar-refractivity contribution is 5.94. The molecule has 0 unspecified atom stereocenters. The number of benzene rings is 2. The quantitative estimate of drug-likeness (QED) is 0.889. The van der Waals surface area contributed by atoms with E-state index in [1.165, 1.54) is 12.0 Å². The molecule has 2 aliphatic rings. The molecule has 2 saturated heterocycles. The standard InChI is InChI=1S/C24H30N2O2/c1-25-16-22(20-5-3-2-4-6-20)15-24(18-25)11-13-26(14-12-24)23(28)21-9-7-19(17-27)8-10-21/h2-10,22,27H,11-18H2,1H3/t22-/m1/s1. The second-order valence-corrected chi connectivity index (χ2v) is 8.66. The van der Waals surface area contributed by atoms with E-state index in [1.54, 1.807) is 0 Å². The molecule has 2 fully saturated rings. The summed E-state index contributed by atoms with van der Waals surface area (Å²) in [7, 11) is 2.23. The van der Waals surface area contributed by atoms with Crippen LogP contribution in [-0.2, 0) is 6.61 Å². The molecule has 0 radical (unpaired) electrons. The summed E-state index contributed by atoms with van der Waals surface area (Å²) in [5, 5.41) is 9.18. The largest absolute Gasteiger partial charge is 0.392 e. The summed E-state index contributed by atoms with van der Waals surface area (Å²) >= 11 is 0. The summed E-state index contributed by atoms with van der Waals surface area (Å²) < 4.78 is 0. The predicted octanol–water partition coefficient (Wildman–Crippen LogP) is 3.52. The van der Waals surface area contributed by atoms with Crippen molar-refractivity contribution in [3.63, 3.8) is 0 Å². The van der Waals surface area contributed by atoms with E-state index in [-0.39, 0.29) is 12.5 Å². The number of piperidine rings is 2. The van der Waals surface area contributed by atoms with Crippen LogP contribution in [0.25, 0.3) is 0 Å². The van der Waals surface area contributed by atoms with Gasteiger partial charge in [0, 0.05) is 31.7 Å². The van der Waals surface area contributed by atoms with Crippen LogP contribution >= 0.6 is 0 Å². The number of likely N-dealkylation sites (tertiary alicyclic amines) is 2. The van der Waals surface area contributed by atoms with E-state index in [9.17, 15) is 9.90 Å². The number of carbonyl (C=O) groups is 1. The Morgan fingerprint density at radius 3 is 2.39 bits per heavy atom. The summed E-state index contributed by atoms with van der Waals surface area (Å²) in [4.78, 5) is 17.4. The Morgan fingerprint density at radius 1 is 1.07 bits per heavy atom. The maximum absolute atomic E-state index is 12.9. The average Bonchev–Trinajstić information content (AvgIpc) is 2.74. The van der Waals surface area contributed by atoms with Gasteiger partial charge in [0.2, 0.25) is 0 Å². The number of hydrogen-bond donors (Lipinski definition) is 1. The number of likely N-dealkylation sites (N-methyl/N-ethyl adjacent to an activating group) is 1. The lowest BCUT2D eigenvalue weighted by Gasteiger charge is -2.49. The van der Waals surface area contributed by atoms with Crippen molar-refractivity contribution >= 4 is 5.91 Å². The van der Waals surface area contributed by atoms with E-state index in [2.05, 4.69) is 42.3 Å². The molecule has 4 heteroatoms. The number of rotatable bonds is 3. The fourth-order valence-corrected chi connectivity index (χ4v) is 5.10. The van der Waals surface area contributed by atoms with Crippen LogP contribution < -0.4 is 0 Å². The number of amides is 1. The highest BCUT2D eigenvalue weighted by atomic mass is 16.3. The molecule has 4 nitrogen and oxygen atoms in total. The molecule has 1 atom stereocenters. The Hall–Kier alpha value is -2.17. The molecule has 0 aliphatic carbocycles. The zero-order valence-electron chi connectivity index (χ0n) is 16.7. The molecule has 1 spiro atoms. The van der Waals surface area contributed by atoms with Crippen LogP contribution in [-0.4, -0.2) is 54.0 Å². The third kappa shape index (κ3) is 3.98. The van der Waals surface area contributed by atoms with Gasteiger partial charge in [0.15, 0.2) is 0 Å². The number of hydrogen-bond acceptors (Lipinski definition) is 3. The smallest absolute Gasteiger partial charge is 0.253 e. The first-order valence-electron chi connectivity index (χ1n) is 10.3. The van der Waals surface area contributed by atoms with Crippen LogP contribution in [0.15, 0.2) is 54.6 Å². The first-order chi connectivity index (χ1) is 13.6. The third-order valence-electron chi connectivity index (χ3n) is 6.58. The number of carbonyl (C=O) groups excluding carboxylic acids is 1. The number of aliphatic hydroxyl groups is 1. The zero-order valence-corrected chi connectivity index (χ0v) is 16.7. The Balaban J connectivity index is 1.42. The molecule has 0 bridgehead atoms. The minimum Gasteiger partial charge on any atom is -0.392 e. The summed E-state index contributed by atoms with van der Waals surface area (Å²) in [6.45, 7) is 3.91. The number of nitrogens with zero attached hydrogens (tertiary/aromatic N) is 2. The molecule has 2 aromatic carbocycles. The lowest BCUT2D eigenvalue weighted by molar-refractivity contribution is 0.0224. The molecule has 2 aromatic rings. The van der Waals surface area contributed by atoms with Gasteiger partial charge in [-0.2, -0.15) is 0 Å². The summed E-state index contributed by atoms with van der Waals surface area (Å²) in [6, 6.07) is 18.2. The molecule has 4 rings (SSSR count). The van der Waals surface area contributed by atoms with Gasteiger partial charge in [0.1, 0.15) is 0 Å². The van der Waals surface area contributed by atoms with Gasteiger partial charge in [0.05, 0.1) is 6.61 Å². The predicted molar refractivity (Wildman–Crippen MR) is 111 cm³/mol. The molecule has 1 amide bonds. The van der Waals surface area contributed by atoms with Gasteiger partial charge in [-0.25, -0.2) is 0 Å². The van der Waals surface area contributed by atoms with E-state index in [0.29, 0.717) is 11.3 Å². The van der Waals surface area contributed by atoms with Crippen LogP contribution in [0.5, 0.6) is 0 Å². The molecular formula is C24H30N2O2. The van der Waals surface area contributed by atoms with Crippen molar-refractivity contribution in [1.82, 2.24) is 9.80 Å². The minimum absolute atomic E-state index is 0.0107.